The number of carboxylic acids is 1. The van der Waals surface area contributed by atoms with E-state index in [9.17, 15) is 9.18 Å². The maximum Gasteiger partial charge on any atom is 0.303 e. The van der Waals surface area contributed by atoms with Crippen molar-refractivity contribution < 1.29 is 14.3 Å². The quantitative estimate of drug-likeness (QED) is 0.888. The lowest BCUT2D eigenvalue weighted by molar-refractivity contribution is -0.136. The Kier molecular flexibility index (Phi) is 2.88. The number of aromatic nitrogens is 1. The number of hydrogen-bond donors (Lipinski definition) is 1. The Labute approximate surface area is 98.5 Å². The number of aliphatic carboxylic acids is 1. The molecule has 17 heavy (non-hydrogen) atoms. The zero-order chi connectivity index (χ0) is 12.6. The van der Waals surface area contributed by atoms with Crippen molar-refractivity contribution in [3.05, 3.63) is 35.3 Å². The van der Waals surface area contributed by atoms with Crippen LogP contribution in [0.1, 0.15) is 17.7 Å². The summed E-state index contributed by atoms with van der Waals surface area (Å²) in [6.45, 7) is 1.90. The summed E-state index contributed by atoms with van der Waals surface area (Å²) in [5.74, 6) is -1.09. The second-order valence-electron chi connectivity index (χ2n) is 4.19. The van der Waals surface area contributed by atoms with Gasteiger partial charge in [0, 0.05) is 23.6 Å². The molecule has 2 rings (SSSR count). The second-order valence-corrected chi connectivity index (χ2v) is 4.19. The number of halogens is 1. The van der Waals surface area contributed by atoms with Crippen LogP contribution in [0.2, 0.25) is 0 Å². The monoisotopic (exact) mass is 235 g/mol. The predicted molar refractivity (Wildman–Crippen MR) is 63.6 cm³/mol. The van der Waals surface area contributed by atoms with Gasteiger partial charge in [-0.3, -0.25) is 4.79 Å². The fraction of sp³-hybridized carbons (Fsp3) is 0.308. The molecule has 0 saturated carbocycles. The molecule has 1 aromatic heterocycles. The zero-order valence-corrected chi connectivity index (χ0v) is 9.83. The maximum absolute atomic E-state index is 13.2. The number of carboxylic acid groups (broad SMARTS) is 1. The molecule has 90 valence electrons. The van der Waals surface area contributed by atoms with E-state index in [0.29, 0.717) is 6.42 Å². The molecule has 0 saturated heterocycles. The highest BCUT2D eigenvalue weighted by Crippen LogP contribution is 2.26. The third-order valence-corrected chi connectivity index (χ3v) is 3.14. The molecule has 4 heteroatoms. The lowest BCUT2D eigenvalue weighted by atomic mass is 10.1. The van der Waals surface area contributed by atoms with E-state index in [-0.39, 0.29) is 12.2 Å². The average molecular weight is 235 g/mol. The van der Waals surface area contributed by atoms with Gasteiger partial charge in [0.2, 0.25) is 0 Å². The Balaban J connectivity index is 2.52. The normalized spacial score (nSPS) is 11.0. The van der Waals surface area contributed by atoms with Crippen molar-refractivity contribution in [1.82, 2.24) is 4.57 Å². The van der Waals surface area contributed by atoms with Crippen molar-refractivity contribution in [2.45, 2.75) is 19.8 Å². The van der Waals surface area contributed by atoms with Crippen LogP contribution < -0.4 is 0 Å². The van der Waals surface area contributed by atoms with Gasteiger partial charge in [0.05, 0.1) is 6.42 Å². The molecule has 0 spiro atoms. The topological polar surface area (TPSA) is 42.2 Å². The third-order valence-electron chi connectivity index (χ3n) is 3.14. The number of fused-ring (bicyclic) bond motifs is 1. The van der Waals surface area contributed by atoms with E-state index in [0.717, 1.165) is 22.2 Å². The summed E-state index contributed by atoms with van der Waals surface area (Å²) in [5, 5.41) is 9.56. The average Bonchev–Trinajstić information content (AvgIpc) is 2.49. The van der Waals surface area contributed by atoms with E-state index in [2.05, 4.69) is 0 Å². The number of nitrogens with zero attached hydrogens (tertiary/aromatic N) is 1. The summed E-state index contributed by atoms with van der Waals surface area (Å²) < 4.78 is 15.1. The lowest BCUT2D eigenvalue weighted by Gasteiger charge is -2.03. The minimum Gasteiger partial charge on any atom is -0.481 e. The van der Waals surface area contributed by atoms with Crippen LogP contribution >= 0.6 is 0 Å². The van der Waals surface area contributed by atoms with Crippen molar-refractivity contribution in [1.29, 1.82) is 0 Å². The van der Waals surface area contributed by atoms with Crippen molar-refractivity contribution in [3.63, 3.8) is 0 Å². The number of rotatable bonds is 3. The smallest absolute Gasteiger partial charge is 0.303 e. The van der Waals surface area contributed by atoms with Gasteiger partial charge in [-0.2, -0.15) is 0 Å². The number of benzene rings is 1. The SMILES string of the molecule is Cc1c(CCC(=O)O)n(C)c2ccc(F)cc12. The van der Waals surface area contributed by atoms with Gasteiger partial charge in [-0.15, -0.1) is 0 Å². The van der Waals surface area contributed by atoms with Crippen LogP contribution in [0.25, 0.3) is 10.9 Å². The largest absolute Gasteiger partial charge is 0.481 e. The molecule has 0 amide bonds. The van der Waals surface area contributed by atoms with Gasteiger partial charge in [0.15, 0.2) is 0 Å². The number of carbonyl (C=O) groups is 1. The maximum atomic E-state index is 13.2. The molecule has 0 aliphatic rings. The number of aryl methyl sites for hydroxylation is 2. The molecule has 0 bridgehead atoms. The minimum atomic E-state index is -0.819. The van der Waals surface area contributed by atoms with E-state index in [1.54, 1.807) is 6.07 Å². The van der Waals surface area contributed by atoms with E-state index in [1.165, 1.54) is 12.1 Å². The molecule has 1 heterocycles. The highest BCUT2D eigenvalue weighted by Gasteiger charge is 2.13. The van der Waals surface area contributed by atoms with Crippen LogP contribution in [0.5, 0.6) is 0 Å². The summed E-state index contributed by atoms with van der Waals surface area (Å²) in [6, 6.07) is 4.64. The molecular weight excluding hydrogens is 221 g/mol. The summed E-state index contributed by atoms with van der Waals surface area (Å²) in [7, 11) is 1.88. The van der Waals surface area contributed by atoms with Gasteiger partial charge in [0.1, 0.15) is 5.82 Å². The van der Waals surface area contributed by atoms with Crippen LogP contribution in [0.15, 0.2) is 18.2 Å². The predicted octanol–water partition coefficient (Wildman–Crippen LogP) is 2.64. The van der Waals surface area contributed by atoms with E-state index in [4.69, 9.17) is 5.11 Å². The van der Waals surface area contributed by atoms with Gasteiger partial charge in [0.25, 0.3) is 0 Å². The van der Waals surface area contributed by atoms with Crippen molar-refractivity contribution in [3.8, 4) is 0 Å². The Hall–Kier alpha value is -1.84. The van der Waals surface area contributed by atoms with Gasteiger partial charge in [-0.05, 0) is 37.1 Å². The zero-order valence-electron chi connectivity index (χ0n) is 9.83. The van der Waals surface area contributed by atoms with Crippen LogP contribution in [-0.4, -0.2) is 15.6 Å². The molecule has 0 aliphatic heterocycles. The molecule has 2 aromatic rings. The molecule has 0 fully saturated rings. The van der Waals surface area contributed by atoms with Gasteiger partial charge in [-0.1, -0.05) is 0 Å². The summed E-state index contributed by atoms with van der Waals surface area (Å²) in [6.07, 6.45) is 0.557. The van der Waals surface area contributed by atoms with Crippen LogP contribution in [0.3, 0.4) is 0 Å². The third kappa shape index (κ3) is 2.02. The molecule has 1 N–H and O–H groups in total. The van der Waals surface area contributed by atoms with Gasteiger partial charge < -0.3 is 9.67 Å². The van der Waals surface area contributed by atoms with Crippen LogP contribution in [0, 0.1) is 12.7 Å². The van der Waals surface area contributed by atoms with Crippen molar-refractivity contribution in [2.24, 2.45) is 7.05 Å². The van der Waals surface area contributed by atoms with Gasteiger partial charge in [-0.25, -0.2) is 4.39 Å². The van der Waals surface area contributed by atoms with Crippen molar-refractivity contribution in [2.75, 3.05) is 0 Å². The first-order valence-electron chi connectivity index (χ1n) is 5.46. The first kappa shape index (κ1) is 11.6. The standard InChI is InChI=1S/C13H14FNO2/c1-8-10-7-9(14)3-4-12(10)15(2)11(8)5-6-13(16)17/h3-4,7H,5-6H2,1-2H3,(H,16,17). The Bertz CT molecular complexity index is 587. The van der Waals surface area contributed by atoms with Crippen LogP contribution in [-0.2, 0) is 18.3 Å². The highest BCUT2D eigenvalue weighted by atomic mass is 19.1. The second kappa shape index (κ2) is 4.20. The highest BCUT2D eigenvalue weighted by molar-refractivity contribution is 5.85. The summed E-state index contributed by atoms with van der Waals surface area (Å²) >= 11 is 0. The molecule has 0 aliphatic carbocycles. The van der Waals surface area contributed by atoms with E-state index >= 15 is 0 Å². The number of hydrogen-bond acceptors (Lipinski definition) is 1. The first-order chi connectivity index (χ1) is 8.00. The fourth-order valence-corrected chi connectivity index (χ4v) is 2.23. The van der Waals surface area contributed by atoms with Gasteiger partial charge >= 0.3 is 5.97 Å². The van der Waals surface area contributed by atoms with Crippen LogP contribution in [0.4, 0.5) is 4.39 Å². The molecule has 0 atom stereocenters. The fourth-order valence-electron chi connectivity index (χ4n) is 2.23. The lowest BCUT2D eigenvalue weighted by Crippen LogP contribution is -2.03. The Morgan fingerprint density at radius 3 is 2.82 bits per heavy atom. The molecular formula is C13H14FNO2. The van der Waals surface area contributed by atoms with E-state index in [1.807, 2.05) is 18.5 Å². The Morgan fingerprint density at radius 1 is 1.47 bits per heavy atom. The molecule has 3 nitrogen and oxygen atoms in total. The summed E-state index contributed by atoms with van der Waals surface area (Å²) in [4.78, 5) is 10.6. The first-order valence-corrected chi connectivity index (χ1v) is 5.46. The molecule has 0 unspecified atom stereocenters. The molecule has 1 aromatic carbocycles. The summed E-state index contributed by atoms with van der Waals surface area (Å²) in [5.41, 5.74) is 2.85. The van der Waals surface area contributed by atoms with Crippen molar-refractivity contribution >= 4 is 16.9 Å². The molecule has 0 radical (unpaired) electrons. The van der Waals surface area contributed by atoms with E-state index < -0.39 is 5.97 Å². The minimum absolute atomic E-state index is 0.0908. The Morgan fingerprint density at radius 2 is 2.18 bits per heavy atom.